The lowest BCUT2D eigenvalue weighted by Gasteiger charge is -2.18. The number of rotatable bonds is 5. The fourth-order valence-electron chi connectivity index (χ4n) is 1.76. The van der Waals surface area contributed by atoms with Crippen LogP contribution in [0.5, 0.6) is 5.75 Å². The first kappa shape index (κ1) is 13.7. The van der Waals surface area contributed by atoms with Crippen LogP contribution in [0.2, 0.25) is 0 Å². The van der Waals surface area contributed by atoms with Crippen molar-refractivity contribution in [1.82, 2.24) is 0 Å². The summed E-state index contributed by atoms with van der Waals surface area (Å²) in [6, 6.07) is 18.3. The van der Waals surface area contributed by atoms with Crippen molar-refractivity contribution in [3.05, 3.63) is 63.7 Å². The smallest absolute Gasteiger partial charge is 0.125 e. The van der Waals surface area contributed by atoms with Crippen LogP contribution in [0.1, 0.15) is 18.1 Å². The van der Waals surface area contributed by atoms with Gasteiger partial charge in [0.1, 0.15) is 11.9 Å². The number of benzene rings is 2. The monoisotopic (exact) mass is 372 g/mol. The first-order valence-electron chi connectivity index (χ1n) is 5.83. The molecule has 1 atom stereocenters. The lowest BCUT2D eigenvalue weighted by atomic mass is 10.1. The molecule has 0 spiro atoms. The van der Waals surface area contributed by atoms with Gasteiger partial charge < -0.3 is 4.74 Å². The van der Waals surface area contributed by atoms with Gasteiger partial charge in [-0.15, -0.1) is 11.6 Å². The van der Waals surface area contributed by atoms with Crippen molar-refractivity contribution in [2.45, 2.75) is 12.5 Å². The molecule has 2 aromatic rings. The Bertz CT molecular complexity index is 487. The molecule has 94 valence electrons. The highest BCUT2D eigenvalue weighted by Gasteiger charge is 2.12. The highest BCUT2D eigenvalue weighted by Crippen LogP contribution is 2.26. The van der Waals surface area contributed by atoms with Crippen LogP contribution in [-0.2, 0) is 0 Å². The lowest BCUT2D eigenvalue weighted by Crippen LogP contribution is -2.08. The zero-order valence-corrected chi connectivity index (χ0v) is 12.8. The Labute approximate surface area is 126 Å². The maximum Gasteiger partial charge on any atom is 0.125 e. The third-order valence-corrected chi connectivity index (χ3v) is 3.51. The summed E-state index contributed by atoms with van der Waals surface area (Å²) in [5.41, 5.74) is 1.16. The SMILES string of the molecule is ClCC[C@H](Oc1cccc(I)c1)c1ccccc1. The lowest BCUT2D eigenvalue weighted by molar-refractivity contribution is 0.202. The average Bonchev–Trinajstić information content (AvgIpc) is 2.39. The van der Waals surface area contributed by atoms with Gasteiger partial charge in [0.25, 0.3) is 0 Å². The molecular formula is C15H14ClIO. The third-order valence-electron chi connectivity index (χ3n) is 2.62. The highest BCUT2D eigenvalue weighted by atomic mass is 127. The van der Waals surface area contributed by atoms with E-state index in [0.717, 1.165) is 17.7 Å². The number of alkyl halides is 1. The van der Waals surface area contributed by atoms with E-state index in [1.165, 1.54) is 3.57 Å². The molecule has 0 fully saturated rings. The van der Waals surface area contributed by atoms with E-state index >= 15 is 0 Å². The van der Waals surface area contributed by atoms with Crippen LogP contribution in [0.4, 0.5) is 0 Å². The minimum absolute atomic E-state index is 0.0156. The minimum Gasteiger partial charge on any atom is -0.486 e. The Morgan fingerprint density at radius 2 is 1.83 bits per heavy atom. The van der Waals surface area contributed by atoms with Crippen LogP contribution in [0, 0.1) is 3.57 Å². The maximum atomic E-state index is 6.03. The molecule has 1 nitrogen and oxygen atoms in total. The van der Waals surface area contributed by atoms with Gasteiger partial charge in [-0.05, 0) is 46.4 Å². The van der Waals surface area contributed by atoms with Gasteiger partial charge in [-0.25, -0.2) is 0 Å². The summed E-state index contributed by atoms with van der Waals surface area (Å²) in [4.78, 5) is 0. The Morgan fingerprint density at radius 1 is 1.06 bits per heavy atom. The van der Waals surface area contributed by atoms with Crippen LogP contribution < -0.4 is 4.74 Å². The van der Waals surface area contributed by atoms with Crippen molar-refractivity contribution in [1.29, 1.82) is 0 Å². The third kappa shape index (κ3) is 3.89. The largest absolute Gasteiger partial charge is 0.486 e. The van der Waals surface area contributed by atoms with Crippen molar-refractivity contribution < 1.29 is 4.74 Å². The fourth-order valence-corrected chi connectivity index (χ4v) is 2.48. The van der Waals surface area contributed by atoms with E-state index in [1.807, 2.05) is 42.5 Å². The molecular weight excluding hydrogens is 359 g/mol. The number of hydrogen-bond donors (Lipinski definition) is 0. The van der Waals surface area contributed by atoms with Crippen LogP contribution in [0.15, 0.2) is 54.6 Å². The van der Waals surface area contributed by atoms with Crippen LogP contribution in [-0.4, -0.2) is 5.88 Å². The predicted octanol–water partition coefficient (Wildman–Crippen LogP) is 5.04. The average molecular weight is 373 g/mol. The van der Waals surface area contributed by atoms with Gasteiger partial charge >= 0.3 is 0 Å². The maximum absolute atomic E-state index is 6.03. The zero-order chi connectivity index (χ0) is 12.8. The Morgan fingerprint density at radius 3 is 2.50 bits per heavy atom. The van der Waals surface area contributed by atoms with Crippen molar-refractivity contribution in [3.63, 3.8) is 0 Å². The summed E-state index contributed by atoms with van der Waals surface area (Å²) in [6.45, 7) is 0. The summed E-state index contributed by atoms with van der Waals surface area (Å²) in [5, 5.41) is 0. The van der Waals surface area contributed by atoms with Gasteiger partial charge in [-0.2, -0.15) is 0 Å². The van der Waals surface area contributed by atoms with Gasteiger partial charge in [0.15, 0.2) is 0 Å². The van der Waals surface area contributed by atoms with E-state index in [0.29, 0.717) is 5.88 Å². The molecule has 0 amide bonds. The first-order valence-corrected chi connectivity index (χ1v) is 7.44. The van der Waals surface area contributed by atoms with E-state index in [1.54, 1.807) is 0 Å². The summed E-state index contributed by atoms with van der Waals surface area (Å²) >= 11 is 8.14. The molecule has 2 aromatic carbocycles. The molecule has 0 aliphatic heterocycles. The number of halogens is 2. The second kappa shape index (κ2) is 7.00. The molecule has 0 N–H and O–H groups in total. The van der Waals surface area contributed by atoms with Gasteiger partial charge in [0.05, 0.1) is 0 Å². The van der Waals surface area contributed by atoms with Crippen molar-refractivity contribution >= 4 is 34.2 Å². The molecule has 0 aromatic heterocycles. The van der Waals surface area contributed by atoms with Crippen LogP contribution in [0.25, 0.3) is 0 Å². The van der Waals surface area contributed by atoms with E-state index < -0.39 is 0 Å². The molecule has 18 heavy (non-hydrogen) atoms. The van der Waals surface area contributed by atoms with E-state index in [-0.39, 0.29) is 6.10 Å². The molecule has 0 radical (unpaired) electrons. The normalized spacial score (nSPS) is 12.1. The molecule has 0 saturated carbocycles. The Kier molecular flexibility index (Phi) is 5.32. The van der Waals surface area contributed by atoms with Crippen LogP contribution >= 0.6 is 34.2 Å². The summed E-state index contributed by atoms with van der Waals surface area (Å²) in [5.74, 6) is 1.48. The number of hydrogen-bond acceptors (Lipinski definition) is 1. The van der Waals surface area contributed by atoms with E-state index in [4.69, 9.17) is 16.3 Å². The predicted molar refractivity (Wildman–Crippen MR) is 84.3 cm³/mol. The Balaban J connectivity index is 2.16. The topological polar surface area (TPSA) is 9.23 Å². The first-order chi connectivity index (χ1) is 8.79. The van der Waals surface area contributed by atoms with Gasteiger partial charge in [-0.1, -0.05) is 36.4 Å². The highest BCUT2D eigenvalue weighted by molar-refractivity contribution is 14.1. The fraction of sp³-hybridized carbons (Fsp3) is 0.200. The molecule has 0 saturated heterocycles. The summed E-state index contributed by atoms with van der Waals surface area (Å²) < 4.78 is 7.20. The zero-order valence-electron chi connectivity index (χ0n) is 9.85. The summed E-state index contributed by atoms with van der Waals surface area (Å²) in [7, 11) is 0. The molecule has 0 unspecified atom stereocenters. The van der Waals surface area contributed by atoms with E-state index in [2.05, 4.69) is 34.7 Å². The van der Waals surface area contributed by atoms with Crippen molar-refractivity contribution in [3.8, 4) is 5.75 Å². The van der Waals surface area contributed by atoms with Gasteiger partial charge in [0, 0.05) is 15.9 Å². The quantitative estimate of drug-likeness (QED) is 0.528. The molecule has 2 rings (SSSR count). The second-order valence-corrected chi connectivity index (χ2v) is 5.58. The molecule has 3 heteroatoms. The second-order valence-electron chi connectivity index (χ2n) is 3.95. The van der Waals surface area contributed by atoms with Crippen molar-refractivity contribution in [2.24, 2.45) is 0 Å². The van der Waals surface area contributed by atoms with Gasteiger partial charge in [0.2, 0.25) is 0 Å². The molecule has 0 bridgehead atoms. The standard InChI is InChI=1S/C15H14ClIO/c16-10-9-15(12-5-2-1-3-6-12)18-14-8-4-7-13(17)11-14/h1-8,11,15H,9-10H2/t15-/m0/s1. The molecule has 0 aliphatic rings. The summed E-state index contributed by atoms with van der Waals surface area (Å²) in [6.07, 6.45) is 0.818. The van der Waals surface area contributed by atoms with Crippen molar-refractivity contribution in [2.75, 3.05) is 5.88 Å². The van der Waals surface area contributed by atoms with Gasteiger partial charge in [-0.3, -0.25) is 0 Å². The minimum atomic E-state index is 0.0156. The Hall–Kier alpha value is -0.740. The molecule has 0 aliphatic carbocycles. The number of ether oxygens (including phenoxy) is 1. The van der Waals surface area contributed by atoms with Crippen LogP contribution in [0.3, 0.4) is 0 Å². The molecule has 0 heterocycles. The van der Waals surface area contributed by atoms with E-state index in [9.17, 15) is 0 Å².